The maximum atomic E-state index is 9.20. The molecule has 14 heavy (non-hydrogen) atoms. The third-order valence-electron chi connectivity index (χ3n) is 2.93. The van der Waals surface area contributed by atoms with Crippen molar-refractivity contribution in [3.8, 4) is 0 Å². The van der Waals surface area contributed by atoms with E-state index in [1.165, 1.54) is 0 Å². The molecule has 1 aliphatic rings. The van der Waals surface area contributed by atoms with Crippen LogP contribution in [0.4, 0.5) is 0 Å². The molecule has 0 aromatic rings. The van der Waals surface area contributed by atoms with E-state index in [9.17, 15) is 5.11 Å². The van der Waals surface area contributed by atoms with Gasteiger partial charge in [0.05, 0.1) is 12.7 Å². The largest absolute Gasteiger partial charge is 0.394 e. The number of hydrogen-bond donors (Lipinski definition) is 3. The zero-order chi connectivity index (χ0) is 10.6. The first-order valence-electron chi connectivity index (χ1n) is 5.34. The Morgan fingerprint density at radius 1 is 1.57 bits per heavy atom. The molecule has 4 nitrogen and oxygen atoms in total. The summed E-state index contributed by atoms with van der Waals surface area (Å²) in [5.74, 6) is 0.611. The molecule has 0 aliphatic carbocycles. The summed E-state index contributed by atoms with van der Waals surface area (Å²) in [6, 6.07) is 0.479. The first-order chi connectivity index (χ1) is 6.63. The number of piperidine rings is 1. The zero-order valence-electron chi connectivity index (χ0n) is 9.11. The van der Waals surface area contributed by atoms with Crippen LogP contribution in [0.2, 0.25) is 0 Å². The third kappa shape index (κ3) is 3.53. The molecule has 3 atom stereocenters. The second kappa shape index (κ2) is 5.66. The minimum Gasteiger partial charge on any atom is -0.394 e. The average molecular weight is 202 g/mol. The molecule has 1 heterocycles. The molecule has 2 unspecified atom stereocenters. The van der Waals surface area contributed by atoms with Crippen LogP contribution in [0.15, 0.2) is 0 Å². The third-order valence-corrected chi connectivity index (χ3v) is 2.93. The van der Waals surface area contributed by atoms with Crippen molar-refractivity contribution in [2.45, 2.75) is 25.5 Å². The summed E-state index contributed by atoms with van der Waals surface area (Å²) >= 11 is 0. The minimum atomic E-state index is -0.623. The van der Waals surface area contributed by atoms with E-state index in [1.807, 2.05) is 0 Å². The fourth-order valence-corrected chi connectivity index (χ4v) is 2.01. The van der Waals surface area contributed by atoms with Crippen LogP contribution in [0.5, 0.6) is 0 Å². The second-order valence-corrected chi connectivity index (χ2v) is 4.38. The van der Waals surface area contributed by atoms with Crippen LogP contribution in [0.1, 0.15) is 13.3 Å². The highest BCUT2D eigenvalue weighted by Crippen LogP contribution is 2.14. The zero-order valence-corrected chi connectivity index (χ0v) is 9.11. The van der Waals surface area contributed by atoms with Crippen LogP contribution in [0, 0.1) is 5.92 Å². The van der Waals surface area contributed by atoms with E-state index in [0.29, 0.717) is 18.5 Å². The summed E-state index contributed by atoms with van der Waals surface area (Å²) in [5.41, 5.74) is 0. The van der Waals surface area contributed by atoms with Gasteiger partial charge in [0.25, 0.3) is 0 Å². The molecule has 1 aliphatic heterocycles. The van der Waals surface area contributed by atoms with Gasteiger partial charge in [0.1, 0.15) is 0 Å². The smallest absolute Gasteiger partial charge is 0.0895 e. The maximum absolute atomic E-state index is 9.20. The minimum absolute atomic E-state index is 0.159. The van der Waals surface area contributed by atoms with Crippen molar-refractivity contribution >= 4 is 0 Å². The van der Waals surface area contributed by atoms with Gasteiger partial charge in [0, 0.05) is 19.1 Å². The number of aliphatic hydroxyl groups excluding tert-OH is 2. The fraction of sp³-hybridized carbons (Fsp3) is 1.00. The first kappa shape index (κ1) is 11.9. The van der Waals surface area contributed by atoms with Crippen molar-refractivity contribution in [2.75, 3.05) is 33.3 Å². The Hall–Kier alpha value is -0.160. The van der Waals surface area contributed by atoms with E-state index < -0.39 is 6.10 Å². The van der Waals surface area contributed by atoms with Crippen LogP contribution >= 0.6 is 0 Å². The van der Waals surface area contributed by atoms with E-state index in [4.69, 9.17) is 5.11 Å². The van der Waals surface area contributed by atoms with Crippen LogP contribution < -0.4 is 5.32 Å². The lowest BCUT2D eigenvalue weighted by Crippen LogP contribution is -2.49. The number of likely N-dealkylation sites (tertiary alicyclic amines) is 1. The number of nitrogens with zero attached hydrogens (tertiary/aromatic N) is 1. The lowest BCUT2D eigenvalue weighted by atomic mass is 9.94. The molecule has 0 bridgehead atoms. The summed E-state index contributed by atoms with van der Waals surface area (Å²) in [4.78, 5) is 2.32. The molecule has 1 saturated heterocycles. The highest BCUT2D eigenvalue weighted by Gasteiger charge is 2.23. The number of hydrogen-bond acceptors (Lipinski definition) is 4. The van der Waals surface area contributed by atoms with Crippen LogP contribution in [0.3, 0.4) is 0 Å². The summed E-state index contributed by atoms with van der Waals surface area (Å²) in [7, 11) is 2.13. The Morgan fingerprint density at radius 3 is 2.86 bits per heavy atom. The second-order valence-electron chi connectivity index (χ2n) is 4.38. The van der Waals surface area contributed by atoms with E-state index in [2.05, 4.69) is 24.2 Å². The Balaban J connectivity index is 2.24. The van der Waals surface area contributed by atoms with Gasteiger partial charge in [0.15, 0.2) is 0 Å². The van der Waals surface area contributed by atoms with Crippen molar-refractivity contribution in [3.63, 3.8) is 0 Å². The molecule has 0 radical (unpaired) electrons. The van der Waals surface area contributed by atoms with Gasteiger partial charge < -0.3 is 20.4 Å². The highest BCUT2D eigenvalue weighted by molar-refractivity contribution is 4.82. The van der Waals surface area contributed by atoms with Crippen LogP contribution in [-0.2, 0) is 0 Å². The van der Waals surface area contributed by atoms with Gasteiger partial charge in [-0.05, 0) is 25.9 Å². The predicted molar refractivity (Wildman–Crippen MR) is 56.2 cm³/mol. The van der Waals surface area contributed by atoms with Crippen molar-refractivity contribution in [1.29, 1.82) is 0 Å². The Labute approximate surface area is 85.9 Å². The van der Waals surface area contributed by atoms with Crippen molar-refractivity contribution in [2.24, 2.45) is 5.92 Å². The molecule has 0 aromatic carbocycles. The molecular weight excluding hydrogens is 180 g/mol. The van der Waals surface area contributed by atoms with Gasteiger partial charge in [-0.15, -0.1) is 0 Å². The summed E-state index contributed by atoms with van der Waals surface area (Å²) in [5, 5.41) is 21.2. The Bertz CT molecular complexity index is 166. The molecule has 1 fully saturated rings. The highest BCUT2D eigenvalue weighted by atomic mass is 16.3. The monoisotopic (exact) mass is 202 g/mol. The topological polar surface area (TPSA) is 55.7 Å². The van der Waals surface area contributed by atoms with Crippen molar-refractivity contribution in [3.05, 3.63) is 0 Å². The molecular formula is C10H22N2O2. The molecule has 84 valence electrons. The van der Waals surface area contributed by atoms with Gasteiger partial charge in [0.2, 0.25) is 0 Å². The Morgan fingerprint density at radius 2 is 2.29 bits per heavy atom. The van der Waals surface area contributed by atoms with E-state index in [1.54, 1.807) is 0 Å². The molecule has 4 heteroatoms. The van der Waals surface area contributed by atoms with Gasteiger partial charge in [-0.2, -0.15) is 0 Å². The molecule has 1 rings (SSSR count). The number of aliphatic hydroxyl groups is 2. The van der Waals surface area contributed by atoms with Gasteiger partial charge in [-0.1, -0.05) is 6.92 Å². The van der Waals surface area contributed by atoms with Gasteiger partial charge in [-0.3, -0.25) is 0 Å². The molecule has 0 spiro atoms. The first-order valence-corrected chi connectivity index (χ1v) is 5.34. The quantitative estimate of drug-likeness (QED) is 0.562. The van der Waals surface area contributed by atoms with E-state index in [0.717, 1.165) is 19.5 Å². The van der Waals surface area contributed by atoms with Gasteiger partial charge in [-0.25, -0.2) is 0 Å². The van der Waals surface area contributed by atoms with E-state index in [-0.39, 0.29) is 6.61 Å². The lowest BCUT2D eigenvalue weighted by molar-refractivity contribution is 0.0835. The number of rotatable bonds is 4. The Kier molecular flexibility index (Phi) is 4.81. The number of nitrogens with one attached hydrogen (secondary N) is 1. The molecule has 3 N–H and O–H groups in total. The maximum Gasteiger partial charge on any atom is 0.0895 e. The van der Waals surface area contributed by atoms with Crippen LogP contribution in [-0.4, -0.2) is 60.5 Å². The van der Waals surface area contributed by atoms with Crippen LogP contribution in [0.25, 0.3) is 0 Å². The normalized spacial score (nSPS) is 31.7. The van der Waals surface area contributed by atoms with Crippen molar-refractivity contribution in [1.82, 2.24) is 10.2 Å². The fourth-order valence-electron chi connectivity index (χ4n) is 2.01. The average Bonchev–Trinajstić information content (AvgIpc) is 2.16. The van der Waals surface area contributed by atoms with Gasteiger partial charge >= 0.3 is 0 Å². The summed E-state index contributed by atoms with van der Waals surface area (Å²) in [6.45, 7) is 4.77. The van der Waals surface area contributed by atoms with Crippen molar-refractivity contribution < 1.29 is 10.2 Å². The van der Waals surface area contributed by atoms with E-state index >= 15 is 0 Å². The molecule has 0 aromatic heterocycles. The lowest BCUT2D eigenvalue weighted by Gasteiger charge is -2.35. The summed E-state index contributed by atoms with van der Waals surface area (Å²) in [6.07, 6.45) is 0.498. The summed E-state index contributed by atoms with van der Waals surface area (Å²) < 4.78 is 0. The predicted octanol–water partition coefficient (Wildman–Crippen LogP) is -0.731. The SMILES string of the molecule is CC1CN(C)CCC1NC[C@H](O)CO. The molecule has 0 saturated carbocycles. The molecule has 0 amide bonds. The standard InChI is InChI=1S/C10H22N2O2/c1-8-6-12(2)4-3-10(8)11-5-9(14)7-13/h8-11,13-14H,3-7H2,1-2H3/t8?,9-,10?/m0/s1.